The molecule has 0 saturated heterocycles. The molecule has 3 rings (SSSR count). The van der Waals surface area contributed by atoms with Gasteiger partial charge in [0.05, 0.1) is 6.54 Å². The van der Waals surface area contributed by atoms with Crippen molar-refractivity contribution >= 4 is 6.09 Å². The molecule has 0 radical (unpaired) electrons. The molecule has 6 heteroatoms. The van der Waals surface area contributed by atoms with Crippen molar-refractivity contribution in [1.82, 2.24) is 14.5 Å². The maximum absolute atomic E-state index is 14.3. The normalized spacial score (nSPS) is 11.1. The summed E-state index contributed by atoms with van der Waals surface area (Å²) in [7, 11) is 1.62. The van der Waals surface area contributed by atoms with Crippen molar-refractivity contribution in [2.45, 2.75) is 60.0 Å². The molecular weight excluding hydrogens is 441 g/mol. The van der Waals surface area contributed by atoms with Gasteiger partial charge in [-0.15, -0.1) is 0 Å². The number of rotatable bonds is 5. The fraction of sp³-hybridized carbons (Fsp3) is 0.379. The molecule has 1 aromatic carbocycles. The third kappa shape index (κ3) is 7.45. The molecule has 0 unspecified atom stereocenters. The van der Waals surface area contributed by atoms with Crippen LogP contribution in [0, 0.1) is 38.4 Å². The summed E-state index contributed by atoms with van der Waals surface area (Å²) in [6, 6.07) is 13.1. The Labute approximate surface area is 207 Å². The molecular formula is C29H34FN3O2. The number of amides is 1. The molecule has 0 bridgehead atoms. The van der Waals surface area contributed by atoms with Crippen molar-refractivity contribution in [1.29, 1.82) is 0 Å². The first kappa shape index (κ1) is 26.0. The van der Waals surface area contributed by atoms with Gasteiger partial charge in [0.1, 0.15) is 17.2 Å². The van der Waals surface area contributed by atoms with E-state index >= 15 is 0 Å². The second-order valence-electron chi connectivity index (χ2n) is 9.93. The number of hydrogen-bond acceptors (Lipinski definition) is 3. The number of aromatic nitrogens is 2. The highest BCUT2D eigenvalue weighted by Gasteiger charge is 2.18. The average molecular weight is 476 g/mol. The van der Waals surface area contributed by atoms with Crippen LogP contribution >= 0.6 is 0 Å². The molecule has 0 fully saturated rings. The third-order valence-corrected chi connectivity index (χ3v) is 5.39. The van der Waals surface area contributed by atoms with Crippen molar-refractivity contribution in [3.05, 3.63) is 82.1 Å². The van der Waals surface area contributed by atoms with Crippen LogP contribution in [0.5, 0.6) is 0 Å². The number of carbonyl (C=O) groups is 1. The fourth-order valence-electron chi connectivity index (χ4n) is 3.80. The number of halogens is 1. The van der Waals surface area contributed by atoms with Crippen molar-refractivity contribution in [3.8, 4) is 17.7 Å². The number of pyridine rings is 1. The van der Waals surface area contributed by atoms with Gasteiger partial charge in [-0.3, -0.25) is 0 Å². The number of benzene rings is 1. The Morgan fingerprint density at radius 3 is 2.40 bits per heavy atom. The minimum Gasteiger partial charge on any atom is -0.444 e. The summed E-state index contributed by atoms with van der Waals surface area (Å²) in [5.74, 6) is 6.47. The number of ether oxygens (including phenoxy) is 1. The van der Waals surface area contributed by atoms with Gasteiger partial charge in [-0.1, -0.05) is 11.8 Å². The van der Waals surface area contributed by atoms with Crippen LogP contribution in [0.1, 0.15) is 54.5 Å². The van der Waals surface area contributed by atoms with Crippen LogP contribution in [-0.4, -0.2) is 39.7 Å². The Morgan fingerprint density at radius 2 is 1.74 bits per heavy atom. The lowest BCUT2D eigenvalue weighted by molar-refractivity contribution is 0.0321. The number of hydrogen-bond donors (Lipinski definition) is 0. The van der Waals surface area contributed by atoms with E-state index in [1.165, 1.54) is 17.0 Å². The first-order valence-electron chi connectivity index (χ1n) is 11.8. The van der Waals surface area contributed by atoms with E-state index in [0.717, 1.165) is 34.0 Å². The molecule has 5 nitrogen and oxygen atoms in total. The third-order valence-electron chi connectivity index (χ3n) is 5.39. The summed E-state index contributed by atoms with van der Waals surface area (Å²) in [6.07, 6.45) is 0.886. The van der Waals surface area contributed by atoms with Gasteiger partial charge in [0.15, 0.2) is 0 Å². The van der Waals surface area contributed by atoms with Gasteiger partial charge in [-0.2, -0.15) is 0 Å². The summed E-state index contributed by atoms with van der Waals surface area (Å²) in [6.45, 7) is 11.8. The molecule has 2 aromatic heterocycles. The molecule has 184 valence electrons. The van der Waals surface area contributed by atoms with E-state index in [4.69, 9.17) is 9.72 Å². The Kier molecular flexibility index (Phi) is 8.01. The van der Waals surface area contributed by atoms with Crippen LogP contribution in [0.2, 0.25) is 0 Å². The van der Waals surface area contributed by atoms with Crippen LogP contribution in [0.4, 0.5) is 9.18 Å². The van der Waals surface area contributed by atoms with Crippen LogP contribution in [0.15, 0.2) is 42.5 Å². The lowest BCUT2D eigenvalue weighted by Crippen LogP contribution is -2.34. The van der Waals surface area contributed by atoms with Crippen LogP contribution in [0.25, 0.3) is 5.82 Å². The van der Waals surface area contributed by atoms with Crippen LogP contribution < -0.4 is 0 Å². The van der Waals surface area contributed by atoms with Crippen molar-refractivity contribution in [2.75, 3.05) is 13.6 Å². The molecule has 3 aromatic rings. The van der Waals surface area contributed by atoms with E-state index < -0.39 is 11.7 Å². The monoisotopic (exact) mass is 475 g/mol. The van der Waals surface area contributed by atoms with Gasteiger partial charge in [0.2, 0.25) is 0 Å². The predicted molar refractivity (Wildman–Crippen MR) is 137 cm³/mol. The SMILES string of the molecule is Cc1cc(CCc2cc(F)cc(C#CCN(C)C(=O)OC(C)(C)C)c2)nc(-n2c(C)ccc2C)c1. The standard InChI is InChI=1S/C29H34FN3O2/c1-20-15-26(31-27(16-20)33-21(2)10-11-22(33)3)13-12-24-17-23(18-25(30)19-24)9-8-14-32(7)28(34)35-29(4,5)6/h10-11,15-19H,12-14H2,1-7H3. The number of carbonyl (C=O) groups excluding carboxylic acids is 1. The molecule has 0 aliphatic rings. The largest absolute Gasteiger partial charge is 0.444 e. The van der Waals surface area contributed by atoms with Crippen molar-refractivity contribution in [2.24, 2.45) is 0 Å². The number of nitrogens with zero attached hydrogens (tertiary/aromatic N) is 3. The zero-order valence-corrected chi connectivity index (χ0v) is 21.7. The van der Waals surface area contributed by atoms with Gasteiger partial charge in [-0.25, -0.2) is 14.2 Å². The topological polar surface area (TPSA) is 47.4 Å². The molecule has 1 amide bonds. The zero-order valence-electron chi connectivity index (χ0n) is 21.7. The zero-order chi connectivity index (χ0) is 25.8. The maximum atomic E-state index is 14.3. The second-order valence-corrected chi connectivity index (χ2v) is 9.93. The lowest BCUT2D eigenvalue weighted by atomic mass is 10.0. The summed E-state index contributed by atoms with van der Waals surface area (Å²) in [4.78, 5) is 18.3. The average Bonchev–Trinajstić information content (AvgIpc) is 3.08. The van der Waals surface area contributed by atoms with E-state index in [9.17, 15) is 9.18 Å². The van der Waals surface area contributed by atoms with Crippen molar-refractivity contribution in [3.63, 3.8) is 0 Å². The fourth-order valence-corrected chi connectivity index (χ4v) is 3.80. The minimum absolute atomic E-state index is 0.189. The van der Waals surface area contributed by atoms with E-state index in [2.05, 4.69) is 61.4 Å². The van der Waals surface area contributed by atoms with Crippen molar-refractivity contribution < 1.29 is 13.9 Å². The summed E-state index contributed by atoms with van der Waals surface area (Å²) >= 11 is 0. The molecule has 0 aliphatic heterocycles. The van der Waals surface area contributed by atoms with Gasteiger partial charge in [0, 0.05) is 29.7 Å². The number of aryl methyl sites for hydroxylation is 5. The Morgan fingerprint density at radius 1 is 1.06 bits per heavy atom. The first-order chi connectivity index (χ1) is 16.4. The first-order valence-corrected chi connectivity index (χ1v) is 11.8. The summed E-state index contributed by atoms with van der Waals surface area (Å²) < 4.78 is 21.7. The summed E-state index contributed by atoms with van der Waals surface area (Å²) in [5, 5.41) is 0. The van der Waals surface area contributed by atoms with Gasteiger partial charge < -0.3 is 14.2 Å². The van der Waals surface area contributed by atoms with E-state index in [1.807, 2.05) is 26.8 Å². The van der Waals surface area contributed by atoms with Crippen LogP contribution in [-0.2, 0) is 17.6 Å². The second kappa shape index (κ2) is 10.8. The Hall–Kier alpha value is -3.59. The van der Waals surface area contributed by atoms with Crippen LogP contribution in [0.3, 0.4) is 0 Å². The Bertz CT molecular complexity index is 1260. The molecule has 0 saturated carbocycles. The van der Waals surface area contributed by atoms with E-state index in [-0.39, 0.29) is 12.4 Å². The lowest BCUT2D eigenvalue weighted by Gasteiger charge is -2.23. The predicted octanol–water partition coefficient (Wildman–Crippen LogP) is 5.94. The van der Waals surface area contributed by atoms with Gasteiger partial charge in [-0.05, 0) is 108 Å². The molecule has 0 atom stereocenters. The highest BCUT2D eigenvalue weighted by atomic mass is 19.1. The molecule has 0 aliphatic carbocycles. The van der Waals surface area contributed by atoms with E-state index in [0.29, 0.717) is 18.4 Å². The molecule has 0 spiro atoms. The summed E-state index contributed by atoms with van der Waals surface area (Å²) in [5.41, 5.74) is 5.24. The highest BCUT2D eigenvalue weighted by molar-refractivity contribution is 5.68. The quantitative estimate of drug-likeness (QED) is 0.429. The molecule has 0 N–H and O–H groups in total. The molecule has 2 heterocycles. The molecule has 35 heavy (non-hydrogen) atoms. The minimum atomic E-state index is -0.567. The highest BCUT2D eigenvalue weighted by Crippen LogP contribution is 2.18. The Balaban J connectivity index is 1.70. The van der Waals surface area contributed by atoms with Gasteiger partial charge >= 0.3 is 6.09 Å². The smallest absolute Gasteiger partial charge is 0.410 e. The van der Waals surface area contributed by atoms with Gasteiger partial charge in [0.25, 0.3) is 0 Å². The maximum Gasteiger partial charge on any atom is 0.410 e. The van der Waals surface area contributed by atoms with E-state index in [1.54, 1.807) is 7.05 Å².